The van der Waals surface area contributed by atoms with E-state index in [1.807, 2.05) is 0 Å². The molecule has 2 unspecified atom stereocenters. The van der Waals surface area contributed by atoms with Gasteiger partial charge in [0, 0.05) is 6.54 Å². The Hall–Kier alpha value is -0.860. The van der Waals surface area contributed by atoms with Crippen molar-refractivity contribution in [2.24, 2.45) is 17.8 Å². The molecular formula is C12H19NO2. The summed E-state index contributed by atoms with van der Waals surface area (Å²) in [5.41, 5.74) is 0. The molecule has 0 aromatic carbocycles. The lowest BCUT2D eigenvalue weighted by Gasteiger charge is -2.15. The highest BCUT2D eigenvalue weighted by molar-refractivity contribution is 6.05. The van der Waals surface area contributed by atoms with Crippen LogP contribution < -0.4 is 0 Å². The molecule has 2 aliphatic rings. The Morgan fingerprint density at radius 1 is 1.20 bits per heavy atom. The lowest BCUT2D eigenvalue weighted by molar-refractivity contribution is -0.140. The fourth-order valence-corrected chi connectivity index (χ4v) is 2.88. The number of hydrogen-bond donors (Lipinski definition) is 0. The fraction of sp³-hybridized carbons (Fsp3) is 0.833. The molecule has 0 spiro atoms. The standard InChI is InChI=1S/C12H19NO2/c1-3-4-5-13-11(14)9-6-8(2)7-10(9)12(13)15/h8-10H,3-7H2,1-2H3. The molecule has 0 aromatic rings. The third-order valence-corrected chi connectivity index (χ3v) is 3.70. The summed E-state index contributed by atoms with van der Waals surface area (Å²) >= 11 is 0. The van der Waals surface area contributed by atoms with E-state index in [1.54, 1.807) is 0 Å². The van der Waals surface area contributed by atoms with Crippen LogP contribution in [-0.4, -0.2) is 23.3 Å². The van der Waals surface area contributed by atoms with Gasteiger partial charge in [-0.05, 0) is 25.2 Å². The van der Waals surface area contributed by atoms with Crippen molar-refractivity contribution in [2.45, 2.75) is 39.5 Å². The van der Waals surface area contributed by atoms with Gasteiger partial charge in [-0.15, -0.1) is 0 Å². The third kappa shape index (κ3) is 1.68. The topological polar surface area (TPSA) is 37.4 Å². The van der Waals surface area contributed by atoms with Crippen LogP contribution in [0.4, 0.5) is 0 Å². The number of rotatable bonds is 3. The van der Waals surface area contributed by atoms with Gasteiger partial charge in [0.25, 0.3) is 0 Å². The average Bonchev–Trinajstić information content (AvgIpc) is 2.67. The Kier molecular flexibility index (Phi) is 2.81. The van der Waals surface area contributed by atoms with Crippen molar-refractivity contribution in [3.8, 4) is 0 Å². The van der Waals surface area contributed by atoms with Crippen LogP contribution in [0.1, 0.15) is 39.5 Å². The van der Waals surface area contributed by atoms with Crippen LogP contribution in [0.25, 0.3) is 0 Å². The molecule has 0 bridgehead atoms. The Bertz CT molecular complexity index is 263. The van der Waals surface area contributed by atoms with E-state index in [-0.39, 0.29) is 23.7 Å². The molecule has 3 heteroatoms. The van der Waals surface area contributed by atoms with Gasteiger partial charge in [-0.1, -0.05) is 20.3 Å². The Morgan fingerprint density at radius 2 is 1.73 bits per heavy atom. The first kappa shape index (κ1) is 10.7. The van der Waals surface area contributed by atoms with Crippen LogP contribution in [0.5, 0.6) is 0 Å². The summed E-state index contributed by atoms with van der Waals surface area (Å²) in [7, 11) is 0. The number of fused-ring (bicyclic) bond motifs is 1. The molecule has 1 saturated heterocycles. The van der Waals surface area contributed by atoms with E-state index in [2.05, 4.69) is 13.8 Å². The molecule has 3 nitrogen and oxygen atoms in total. The number of carbonyl (C=O) groups excluding carboxylic acids is 2. The zero-order chi connectivity index (χ0) is 11.0. The van der Waals surface area contributed by atoms with Crippen molar-refractivity contribution in [3.63, 3.8) is 0 Å². The first-order valence-electron chi connectivity index (χ1n) is 6.00. The van der Waals surface area contributed by atoms with E-state index in [0.29, 0.717) is 12.5 Å². The van der Waals surface area contributed by atoms with E-state index in [1.165, 1.54) is 4.90 Å². The van der Waals surface area contributed by atoms with E-state index >= 15 is 0 Å². The molecule has 2 amide bonds. The van der Waals surface area contributed by atoms with Crippen LogP contribution >= 0.6 is 0 Å². The lowest BCUT2D eigenvalue weighted by Crippen LogP contribution is -2.33. The molecule has 0 radical (unpaired) electrons. The minimum absolute atomic E-state index is 0.0179. The molecule has 0 aromatic heterocycles. The van der Waals surface area contributed by atoms with E-state index in [4.69, 9.17) is 0 Å². The monoisotopic (exact) mass is 209 g/mol. The van der Waals surface area contributed by atoms with E-state index < -0.39 is 0 Å². The van der Waals surface area contributed by atoms with E-state index in [0.717, 1.165) is 25.7 Å². The summed E-state index contributed by atoms with van der Waals surface area (Å²) in [6.45, 7) is 4.85. The summed E-state index contributed by atoms with van der Waals surface area (Å²) in [4.78, 5) is 25.4. The normalized spacial score (nSPS) is 35.1. The maximum absolute atomic E-state index is 12.0. The van der Waals surface area contributed by atoms with Gasteiger partial charge < -0.3 is 0 Å². The summed E-state index contributed by atoms with van der Waals surface area (Å²) in [6, 6.07) is 0. The predicted molar refractivity (Wildman–Crippen MR) is 57.0 cm³/mol. The zero-order valence-corrected chi connectivity index (χ0v) is 9.53. The Morgan fingerprint density at radius 3 is 2.20 bits per heavy atom. The SMILES string of the molecule is CCCCN1C(=O)C2CC(C)CC2C1=O. The molecule has 1 aliphatic heterocycles. The average molecular weight is 209 g/mol. The summed E-state index contributed by atoms with van der Waals surface area (Å²) in [6.07, 6.45) is 3.80. The number of nitrogens with zero attached hydrogens (tertiary/aromatic N) is 1. The molecule has 15 heavy (non-hydrogen) atoms. The molecule has 1 aliphatic carbocycles. The first-order chi connectivity index (χ1) is 7.15. The second-order valence-electron chi connectivity index (χ2n) is 4.97. The minimum atomic E-state index is 0.0179. The molecule has 2 atom stereocenters. The van der Waals surface area contributed by atoms with Gasteiger partial charge in [0.15, 0.2) is 0 Å². The molecule has 1 saturated carbocycles. The van der Waals surface area contributed by atoms with Gasteiger partial charge in [0.1, 0.15) is 0 Å². The number of likely N-dealkylation sites (tertiary alicyclic amines) is 1. The number of amides is 2. The van der Waals surface area contributed by atoms with Crippen molar-refractivity contribution in [1.29, 1.82) is 0 Å². The van der Waals surface area contributed by atoms with Gasteiger partial charge in [-0.2, -0.15) is 0 Å². The van der Waals surface area contributed by atoms with Crippen LogP contribution in [0, 0.1) is 17.8 Å². The number of carbonyl (C=O) groups is 2. The number of hydrogen-bond acceptors (Lipinski definition) is 2. The highest BCUT2D eigenvalue weighted by Crippen LogP contribution is 2.42. The molecule has 2 fully saturated rings. The smallest absolute Gasteiger partial charge is 0.233 e. The predicted octanol–water partition coefficient (Wildman–Crippen LogP) is 1.82. The second-order valence-corrected chi connectivity index (χ2v) is 4.97. The number of imide groups is 1. The van der Waals surface area contributed by atoms with Gasteiger partial charge in [-0.25, -0.2) is 0 Å². The van der Waals surface area contributed by atoms with Crippen molar-refractivity contribution in [1.82, 2.24) is 4.90 Å². The fourth-order valence-electron chi connectivity index (χ4n) is 2.88. The molecule has 2 rings (SSSR count). The Balaban J connectivity index is 2.06. The first-order valence-corrected chi connectivity index (χ1v) is 6.00. The third-order valence-electron chi connectivity index (χ3n) is 3.70. The van der Waals surface area contributed by atoms with Gasteiger partial charge >= 0.3 is 0 Å². The summed E-state index contributed by atoms with van der Waals surface area (Å²) in [5, 5.41) is 0. The number of unbranched alkanes of at least 4 members (excludes halogenated alkanes) is 1. The Labute approximate surface area is 90.8 Å². The molecule has 1 heterocycles. The van der Waals surface area contributed by atoms with Crippen molar-refractivity contribution < 1.29 is 9.59 Å². The van der Waals surface area contributed by atoms with Crippen molar-refractivity contribution in [3.05, 3.63) is 0 Å². The highest BCUT2D eigenvalue weighted by Gasteiger charge is 2.51. The zero-order valence-electron chi connectivity index (χ0n) is 9.53. The largest absolute Gasteiger partial charge is 0.282 e. The maximum atomic E-state index is 12.0. The molecular weight excluding hydrogens is 190 g/mol. The quantitative estimate of drug-likeness (QED) is 0.665. The molecule has 84 valence electrons. The van der Waals surface area contributed by atoms with Crippen LogP contribution in [0.3, 0.4) is 0 Å². The van der Waals surface area contributed by atoms with Crippen molar-refractivity contribution in [2.75, 3.05) is 6.54 Å². The van der Waals surface area contributed by atoms with Crippen LogP contribution in [-0.2, 0) is 9.59 Å². The van der Waals surface area contributed by atoms with Crippen LogP contribution in [0.15, 0.2) is 0 Å². The second kappa shape index (κ2) is 3.95. The maximum Gasteiger partial charge on any atom is 0.233 e. The van der Waals surface area contributed by atoms with Crippen LogP contribution in [0.2, 0.25) is 0 Å². The van der Waals surface area contributed by atoms with Gasteiger partial charge in [0.2, 0.25) is 11.8 Å². The molecule has 0 N–H and O–H groups in total. The summed E-state index contributed by atoms with van der Waals surface area (Å²) in [5.74, 6) is 0.778. The minimum Gasteiger partial charge on any atom is -0.282 e. The van der Waals surface area contributed by atoms with Crippen molar-refractivity contribution >= 4 is 11.8 Å². The van der Waals surface area contributed by atoms with Gasteiger partial charge in [-0.3, -0.25) is 14.5 Å². The highest BCUT2D eigenvalue weighted by atomic mass is 16.2. The van der Waals surface area contributed by atoms with Gasteiger partial charge in [0.05, 0.1) is 11.8 Å². The lowest BCUT2D eigenvalue weighted by atomic mass is 10.00. The van der Waals surface area contributed by atoms with E-state index in [9.17, 15) is 9.59 Å². The summed E-state index contributed by atoms with van der Waals surface area (Å²) < 4.78 is 0.